The molecule has 1 rings (SSSR count). The maximum absolute atomic E-state index is 11.6. The van der Waals surface area contributed by atoms with E-state index < -0.39 is 17.4 Å². The van der Waals surface area contributed by atoms with E-state index in [0.717, 1.165) is 0 Å². The van der Waals surface area contributed by atoms with Gasteiger partial charge in [0, 0.05) is 4.47 Å². The van der Waals surface area contributed by atoms with Gasteiger partial charge in [0.25, 0.3) is 0 Å². The Bertz CT molecular complexity index is 537. The van der Waals surface area contributed by atoms with Crippen molar-refractivity contribution in [3.63, 3.8) is 0 Å². The number of esters is 1. The zero-order valence-electron chi connectivity index (χ0n) is 11.8. The molecule has 0 fully saturated rings. The molecule has 0 aliphatic rings. The smallest absolute Gasteiger partial charge is 0.339 e. The molecular formula is C14H17BrO5. The van der Waals surface area contributed by atoms with Crippen LogP contribution in [0.25, 0.3) is 0 Å². The van der Waals surface area contributed by atoms with Crippen LogP contribution >= 0.6 is 15.9 Å². The Kier molecular flexibility index (Phi) is 5.16. The van der Waals surface area contributed by atoms with Gasteiger partial charge in [0.1, 0.15) is 17.9 Å². The minimum absolute atomic E-state index is 0.0302. The molecular weight excluding hydrogens is 328 g/mol. The Balaban J connectivity index is 3.04. The second-order valence-electron chi connectivity index (χ2n) is 5.07. The molecule has 0 saturated carbocycles. The van der Waals surface area contributed by atoms with E-state index in [9.17, 15) is 14.7 Å². The van der Waals surface area contributed by atoms with Gasteiger partial charge in [-0.15, -0.1) is 0 Å². The van der Waals surface area contributed by atoms with E-state index in [1.165, 1.54) is 13.2 Å². The lowest BCUT2D eigenvalue weighted by Crippen LogP contribution is -2.32. The molecule has 0 amide bonds. The fraction of sp³-hybridized carbons (Fsp3) is 0.429. The summed E-state index contributed by atoms with van der Waals surface area (Å²) >= 11 is 3.25. The van der Waals surface area contributed by atoms with E-state index in [1.54, 1.807) is 26.8 Å². The summed E-state index contributed by atoms with van der Waals surface area (Å²) in [5.41, 5.74) is -0.126. The Morgan fingerprint density at radius 2 is 1.95 bits per heavy atom. The number of hydrogen-bond acceptors (Lipinski definition) is 4. The van der Waals surface area contributed by atoms with Gasteiger partial charge in [-0.05, 0) is 38.5 Å². The highest BCUT2D eigenvalue weighted by Crippen LogP contribution is 2.30. The number of carboxylic acids is 1. The first-order valence-corrected chi connectivity index (χ1v) is 6.73. The molecule has 1 aromatic rings. The van der Waals surface area contributed by atoms with Crippen molar-refractivity contribution in [2.75, 3.05) is 13.7 Å². The Labute approximate surface area is 126 Å². The van der Waals surface area contributed by atoms with Crippen molar-refractivity contribution >= 4 is 27.9 Å². The first-order chi connectivity index (χ1) is 9.19. The number of methoxy groups -OCH3 is 1. The first-order valence-electron chi connectivity index (χ1n) is 5.93. The zero-order chi connectivity index (χ0) is 15.5. The number of benzene rings is 1. The van der Waals surface area contributed by atoms with Gasteiger partial charge in [-0.1, -0.05) is 15.9 Å². The van der Waals surface area contributed by atoms with Crippen LogP contribution in [0.5, 0.6) is 5.75 Å². The maximum atomic E-state index is 11.6. The average Bonchev–Trinajstić information content (AvgIpc) is 2.35. The van der Waals surface area contributed by atoms with Crippen LogP contribution in [0.2, 0.25) is 0 Å². The molecule has 0 aliphatic carbocycles. The topological polar surface area (TPSA) is 72.8 Å². The maximum Gasteiger partial charge on any atom is 0.339 e. The van der Waals surface area contributed by atoms with Gasteiger partial charge in [-0.3, -0.25) is 4.79 Å². The standard InChI is InChI=1S/C14H17BrO5/c1-8-5-9(15)6-10(12(16)17)11(8)20-7-14(2,3)13(18)19-4/h5-6H,7H2,1-4H3,(H,16,17). The summed E-state index contributed by atoms with van der Waals surface area (Å²) in [5.74, 6) is -1.23. The number of carbonyl (C=O) groups excluding carboxylic acids is 1. The minimum atomic E-state index is -1.08. The number of rotatable bonds is 5. The number of carbonyl (C=O) groups is 2. The molecule has 0 bridgehead atoms. The normalized spacial score (nSPS) is 11.1. The largest absolute Gasteiger partial charge is 0.491 e. The van der Waals surface area contributed by atoms with Gasteiger partial charge in [0.2, 0.25) is 0 Å². The number of aryl methyl sites for hydroxylation is 1. The molecule has 0 radical (unpaired) electrons. The third-order valence-corrected chi connectivity index (χ3v) is 3.24. The van der Waals surface area contributed by atoms with E-state index in [-0.39, 0.29) is 17.9 Å². The van der Waals surface area contributed by atoms with Gasteiger partial charge in [0.15, 0.2) is 0 Å². The van der Waals surface area contributed by atoms with Gasteiger partial charge in [-0.2, -0.15) is 0 Å². The van der Waals surface area contributed by atoms with E-state index in [1.807, 2.05) is 0 Å². The molecule has 6 heteroatoms. The van der Waals surface area contributed by atoms with E-state index in [0.29, 0.717) is 10.0 Å². The van der Waals surface area contributed by atoms with Crippen molar-refractivity contribution < 1.29 is 24.2 Å². The summed E-state index contributed by atoms with van der Waals surface area (Å²) in [6.07, 6.45) is 0. The second kappa shape index (κ2) is 6.26. The van der Waals surface area contributed by atoms with E-state index >= 15 is 0 Å². The van der Waals surface area contributed by atoms with Gasteiger partial charge in [0.05, 0.1) is 12.5 Å². The van der Waals surface area contributed by atoms with Crippen LogP contribution in [0.1, 0.15) is 29.8 Å². The molecule has 0 unspecified atom stereocenters. The third kappa shape index (κ3) is 3.72. The van der Waals surface area contributed by atoms with Crippen LogP contribution in [0.3, 0.4) is 0 Å². The molecule has 1 aromatic carbocycles. The summed E-state index contributed by atoms with van der Waals surface area (Å²) in [5, 5.41) is 9.21. The molecule has 0 aromatic heterocycles. The third-order valence-electron chi connectivity index (χ3n) is 2.79. The van der Waals surface area contributed by atoms with Crippen molar-refractivity contribution in [3.8, 4) is 5.75 Å². The average molecular weight is 345 g/mol. The molecule has 0 atom stereocenters. The Hall–Kier alpha value is -1.56. The predicted octanol–water partition coefficient (Wildman–Crippen LogP) is 3.03. The molecule has 20 heavy (non-hydrogen) atoms. The van der Waals surface area contributed by atoms with Crippen molar-refractivity contribution in [2.24, 2.45) is 5.41 Å². The van der Waals surface area contributed by atoms with Crippen molar-refractivity contribution in [2.45, 2.75) is 20.8 Å². The molecule has 0 aliphatic heterocycles. The van der Waals surface area contributed by atoms with Gasteiger partial charge < -0.3 is 14.6 Å². The SMILES string of the molecule is COC(=O)C(C)(C)COc1c(C)cc(Br)cc1C(=O)O. The lowest BCUT2D eigenvalue weighted by molar-refractivity contribution is -0.152. The Morgan fingerprint density at radius 3 is 2.45 bits per heavy atom. The van der Waals surface area contributed by atoms with Crippen LogP contribution in [0, 0.1) is 12.3 Å². The van der Waals surface area contributed by atoms with Crippen molar-refractivity contribution in [3.05, 3.63) is 27.7 Å². The van der Waals surface area contributed by atoms with Crippen LogP contribution in [0.4, 0.5) is 0 Å². The molecule has 0 heterocycles. The summed E-state index contributed by atoms with van der Waals surface area (Å²) in [7, 11) is 1.30. The van der Waals surface area contributed by atoms with Crippen LogP contribution < -0.4 is 4.74 Å². The fourth-order valence-electron chi connectivity index (χ4n) is 1.67. The number of ether oxygens (including phenoxy) is 2. The van der Waals surface area contributed by atoms with Crippen LogP contribution in [0.15, 0.2) is 16.6 Å². The summed E-state index contributed by atoms with van der Waals surface area (Å²) in [6, 6.07) is 3.22. The monoisotopic (exact) mass is 344 g/mol. The summed E-state index contributed by atoms with van der Waals surface area (Å²) in [6.45, 7) is 5.13. The number of halogens is 1. The van der Waals surface area contributed by atoms with E-state index in [2.05, 4.69) is 20.7 Å². The second-order valence-corrected chi connectivity index (χ2v) is 5.98. The Morgan fingerprint density at radius 1 is 1.35 bits per heavy atom. The number of aromatic carboxylic acids is 1. The van der Waals surface area contributed by atoms with Crippen molar-refractivity contribution in [1.82, 2.24) is 0 Å². The number of hydrogen-bond donors (Lipinski definition) is 1. The number of carboxylic acid groups (broad SMARTS) is 1. The quantitative estimate of drug-likeness (QED) is 0.831. The molecule has 0 saturated heterocycles. The predicted molar refractivity (Wildman–Crippen MR) is 77.1 cm³/mol. The fourth-order valence-corrected chi connectivity index (χ4v) is 2.24. The molecule has 110 valence electrons. The lowest BCUT2D eigenvalue weighted by Gasteiger charge is -2.23. The zero-order valence-corrected chi connectivity index (χ0v) is 13.4. The first kappa shape index (κ1) is 16.5. The summed E-state index contributed by atoms with van der Waals surface area (Å²) in [4.78, 5) is 22.8. The van der Waals surface area contributed by atoms with Crippen LogP contribution in [-0.4, -0.2) is 30.8 Å². The molecule has 0 spiro atoms. The van der Waals surface area contributed by atoms with Gasteiger partial charge >= 0.3 is 11.9 Å². The van der Waals surface area contributed by atoms with Crippen LogP contribution in [-0.2, 0) is 9.53 Å². The highest BCUT2D eigenvalue weighted by atomic mass is 79.9. The minimum Gasteiger partial charge on any atom is -0.491 e. The molecule has 5 nitrogen and oxygen atoms in total. The molecule has 1 N–H and O–H groups in total. The highest BCUT2D eigenvalue weighted by Gasteiger charge is 2.30. The van der Waals surface area contributed by atoms with Crippen molar-refractivity contribution in [1.29, 1.82) is 0 Å². The lowest BCUT2D eigenvalue weighted by atomic mass is 9.95. The summed E-state index contributed by atoms with van der Waals surface area (Å²) < 4.78 is 10.9. The van der Waals surface area contributed by atoms with E-state index in [4.69, 9.17) is 4.74 Å². The highest BCUT2D eigenvalue weighted by molar-refractivity contribution is 9.10. The van der Waals surface area contributed by atoms with Gasteiger partial charge in [-0.25, -0.2) is 4.79 Å².